The van der Waals surface area contributed by atoms with E-state index in [2.05, 4.69) is 0 Å². The number of methoxy groups -OCH3 is 1. The highest BCUT2D eigenvalue weighted by Gasteiger charge is 2.31. The highest BCUT2D eigenvalue weighted by atomic mass is 35.5. The van der Waals surface area contributed by atoms with E-state index >= 15 is 0 Å². The van der Waals surface area contributed by atoms with Gasteiger partial charge < -0.3 is 14.4 Å². The SMILES string of the molecule is CCOc1cc(C(=O)N2CCC(c3nc4cc(Cl)ccc4s3)CC2)c([N+](=O)[O-])cc1OC. The van der Waals surface area contributed by atoms with Crippen LogP contribution in [0.5, 0.6) is 11.5 Å². The van der Waals surface area contributed by atoms with Gasteiger partial charge in [-0.3, -0.25) is 14.9 Å². The summed E-state index contributed by atoms with van der Waals surface area (Å²) < 4.78 is 11.8. The highest BCUT2D eigenvalue weighted by Crippen LogP contribution is 2.38. The minimum Gasteiger partial charge on any atom is -0.493 e. The fourth-order valence-electron chi connectivity index (χ4n) is 3.89. The van der Waals surface area contributed by atoms with Crippen LogP contribution in [0.3, 0.4) is 0 Å². The molecule has 8 nitrogen and oxygen atoms in total. The molecule has 32 heavy (non-hydrogen) atoms. The number of fused-ring (bicyclic) bond motifs is 1. The summed E-state index contributed by atoms with van der Waals surface area (Å²) in [6, 6.07) is 8.33. The van der Waals surface area contributed by atoms with Gasteiger partial charge in [-0.15, -0.1) is 11.3 Å². The Morgan fingerprint density at radius 2 is 2.03 bits per heavy atom. The number of hydrogen-bond acceptors (Lipinski definition) is 7. The van der Waals surface area contributed by atoms with Gasteiger partial charge in [0.25, 0.3) is 11.6 Å². The van der Waals surface area contributed by atoms with Crippen molar-refractivity contribution < 1.29 is 19.2 Å². The second kappa shape index (κ2) is 9.30. The second-order valence-corrected chi connectivity index (χ2v) is 8.94. The fraction of sp³-hybridized carbons (Fsp3) is 0.364. The lowest BCUT2D eigenvalue weighted by Crippen LogP contribution is -2.38. The maximum absolute atomic E-state index is 13.2. The van der Waals surface area contributed by atoms with E-state index in [-0.39, 0.29) is 28.8 Å². The van der Waals surface area contributed by atoms with Crippen molar-refractivity contribution in [1.29, 1.82) is 0 Å². The van der Waals surface area contributed by atoms with Crippen LogP contribution in [0.2, 0.25) is 5.02 Å². The van der Waals surface area contributed by atoms with E-state index in [1.165, 1.54) is 19.2 Å². The van der Waals surface area contributed by atoms with Crippen LogP contribution in [-0.2, 0) is 0 Å². The first-order valence-corrected chi connectivity index (χ1v) is 11.4. The number of nitrogens with zero attached hydrogens (tertiary/aromatic N) is 3. The first kappa shape index (κ1) is 22.3. The van der Waals surface area contributed by atoms with Gasteiger partial charge in [-0.05, 0) is 38.0 Å². The van der Waals surface area contributed by atoms with Crippen LogP contribution in [0.15, 0.2) is 30.3 Å². The number of aromatic nitrogens is 1. The molecule has 0 atom stereocenters. The lowest BCUT2D eigenvalue weighted by molar-refractivity contribution is -0.385. The minimum absolute atomic E-state index is 0.00679. The lowest BCUT2D eigenvalue weighted by atomic mass is 9.96. The van der Waals surface area contributed by atoms with E-state index in [9.17, 15) is 14.9 Å². The van der Waals surface area contributed by atoms with Gasteiger partial charge in [-0.25, -0.2) is 4.98 Å². The van der Waals surface area contributed by atoms with Crippen molar-refractivity contribution in [3.8, 4) is 11.5 Å². The molecule has 3 aromatic rings. The van der Waals surface area contributed by atoms with Crippen LogP contribution in [0, 0.1) is 10.1 Å². The van der Waals surface area contributed by atoms with Crippen molar-refractivity contribution in [3.05, 3.63) is 56.0 Å². The van der Waals surface area contributed by atoms with Crippen LogP contribution in [0.4, 0.5) is 5.69 Å². The van der Waals surface area contributed by atoms with Crippen molar-refractivity contribution in [2.24, 2.45) is 0 Å². The zero-order chi connectivity index (χ0) is 22.8. The Kier molecular flexibility index (Phi) is 6.48. The third kappa shape index (κ3) is 4.35. The van der Waals surface area contributed by atoms with E-state index in [4.69, 9.17) is 26.1 Å². The summed E-state index contributed by atoms with van der Waals surface area (Å²) in [5.74, 6) is 0.395. The van der Waals surface area contributed by atoms with E-state index < -0.39 is 4.92 Å². The van der Waals surface area contributed by atoms with Gasteiger partial charge in [-0.1, -0.05) is 11.6 Å². The van der Waals surface area contributed by atoms with Gasteiger partial charge in [0.2, 0.25) is 0 Å². The second-order valence-electron chi connectivity index (χ2n) is 7.44. The molecule has 1 aliphatic rings. The van der Waals surface area contributed by atoms with Crippen LogP contribution >= 0.6 is 22.9 Å². The topological polar surface area (TPSA) is 94.8 Å². The third-order valence-electron chi connectivity index (χ3n) is 5.51. The number of likely N-dealkylation sites (tertiary alicyclic amines) is 1. The van der Waals surface area contributed by atoms with E-state index in [1.54, 1.807) is 23.2 Å². The van der Waals surface area contributed by atoms with Crippen LogP contribution < -0.4 is 9.47 Å². The van der Waals surface area contributed by atoms with Gasteiger partial charge in [-0.2, -0.15) is 0 Å². The first-order valence-electron chi connectivity index (χ1n) is 10.3. The largest absolute Gasteiger partial charge is 0.493 e. The van der Waals surface area contributed by atoms with E-state index in [1.807, 2.05) is 18.2 Å². The summed E-state index contributed by atoms with van der Waals surface area (Å²) in [6.45, 7) is 3.13. The molecule has 2 heterocycles. The van der Waals surface area contributed by atoms with Gasteiger partial charge in [0.1, 0.15) is 5.56 Å². The zero-order valence-electron chi connectivity index (χ0n) is 17.7. The molecule has 0 aliphatic carbocycles. The molecule has 1 aromatic heterocycles. The molecule has 0 bridgehead atoms. The average molecular weight is 476 g/mol. The van der Waals surface area contributed by atoms with E-state index in [0.29, 0.717) is 30.5 Å². The number of piperidine rings is 1. The third-order valence-corrected chi connectivity index (χ3v) is 6.94. The highest BCUT2D eigenvalue weighted by molar-refractivity contribution is 7.18. The van der Waals surface area contributed by atoms with Crippen molar-refractivity contribution in [2.75, 3.05) is 26.8 Å². The lowest BCUT2D eigenvalue weighted by Gasteiger charge is -2.31. The molecule has 0 saturated carbocycles. The predicted octanol–water partition coefficient (Wildman–Crippen LogP) is 5.29. The monoisotopic (exact) mass is 475 g/mol. The number of nitro benzene ring substituents is 1. The molecule has 1 fully saturated rings. The fourth-order valence-corrected chi connectivity index (χ4v) is 5.18. The summed E-state index contributed by atoms with van der Waals surface area (Å²) in [5.41, 5.74) is 0.598. The number of ether oxygens (including phenoxy) is 2. The quantitative estimate of drug-likeness (QED) is 0.355. The Morgan fingerprint density at radius 1 is 1.28 bits per heavy atom. The molecular formula is C22H22ClN3O5S. The van der Waals surface area contributed by atoms with Crippen molar-refractivity contribution >= 4 is 44.7 Å². The number of thiazole rings is 1. The Labute approximate surface area is 193 Å². The molecule has 0 spiro atoms. The number of halogens is 1. The molecule has 0 radical (unpaired) electrons. The number of carbonyl (C=O) groups is 1. The van der Waals surface area contributed by atoms with Crippen molar-refractivity contribution in [1.82, 2.24) is 9.88 Å². The predicted molar refractivity (Wildman–Crippen MR) is 123 cm³/mol. The Balaban J connectivity index is 1.53. The number of hydrogen-bond donors (Lipinski definition) is 0. The number of carbonyl (C=O) groups excluding carboxylic acids is 1. The normalized spacial score (nSPS) is 14.5. The molecule has 4 rings (SSSR count). The molecule has 2 aromatic carbocycles. The molecule has 0 N–H and O–H groups in total. The van der Waals surface area contributed by atoms with Crippen molar-refractivity contribution in [2.45, 2.75) is 25.7 Å². The summed E-state index contributed by atoms with van der Waals surface area (Å²) in [5, 5.41) is 13.3. The van der Waals surface area contributed by atoms with Crippen molar-refractivity contribution in [3.63, 3.8) is 0 Å². The molecule has 1 aliphatic heterocycles. The average Bonchev–Trinajstić information content (AvgIpc) is 3.21. The minimum atomic E-state index is -0.565. The summed E-state index contributed by atoms with van der Waals surface area (Å²) >= 11 is 7.71. The number of nitro groups is 1. The van der Waals surface area contributed by atoms with Gasteiger partial charge in [0.05, 0.1) is 39.9 Å². The van der Waals surface area contributed by atoms with Crippen LogP contribution in [0.1, 0.15) is 41.0 Å². The number of rotatable bonds is 6. The summed E-state index contributed by atoms with van der Waals surface area (Å²) in [4.78, 5) is 30.6. The Morgan fingerprint density at radius 3 is 2.69 bits per heavy atom. The molecule has 1 amide bonds. The number of benzene rings is 2. The first-order chi connectivity index (χ1) is 15.4. The molecular weight excluding hydrogens is 454 g/mol. The zero-order valence-corrected chi connectivity index (χ0v) is 19.2. The molecule has 1 saturated heterocycles. The summed E-state index contributed by atoms with van der Waals surface area (Å²) in [6.07, 6.45) is 1.48. The molecule has 10 heteroatoms. The van der Waals surface area contributed by atoms with Crippen LogP contribution in [0.25, 0.3) is 10.2 Å². The standard InChI is InChI=1S/C22H22ClN3O5S/c1-3-31-19-11-15(17(26(28)29)12-18(19)30-2)22(27)25-8-6-13(7-9-25)21-24-16-10-14(23)4-5-20(16)32-21/h4-5,10-13H,3,6-9H2,1-2H3. The van der Waals surface area contributed by atoms with Gasteiger partial charge in [0, 0.05) is 30.1 Å². The van der Waals surface area contributed by atoms with Gasteiger partial charge in [0.15, 0.2) is 11.5 Å². The number of amides is 1. The summed E-state index contributed by atoms with van der Waals surface area (Å²) in [7, 11) is 1.41. The smallest absolute Gasteiger partial charge is 0.286 e. The Hall–Kier alpha value is -2.91. The Bertz CT molecular complexity index is 1170. The maximum atomic E-state index is 13.2. The molecule has 168 valence electrons. The molecule has 0 unspecified atom stereocenters. The van der Waals surface area contributed by atoms with Gasteiger partial charge >= 0.3 is 0 Å². The van der Waals surface area contributed by atoms with E-state index in [0.717, 1.165) is 28.1 Å². The maximum Gasteiger partial charge on any atom is 0.286 e. The van der Waals surface area contributed by atoms with Crippen LogP contribution in [-0.4, -0.2) is 47.5 Å².